The van der Waals surface area contributed by atoms with Gasteiger partial charge in [0.2, 0.25) is 11.5 Å². The second kappa shape index (κ2) is 3.84. The average Bonchev–Trinajstić information content (AvgIpc) is 2.86. The van der Waals surface area contributed by atoms with Crippen molar-refractivity contribution in [2.45, 2.75) is 0 Å². The minimum Gasteiger partial charge on any atom is -0.476 e. The zero-order chi connectivity index (χ0) is 10.7. The van der Waals surface area contributed by atoms with Gasteiger partial charge in [-0.25, -0.2) is 9.42 Å². The summed E-state index contributed by atoms with van der Waals surface area (Å²) in [5.74, 6) is -1.11. The number of nitrogens with zero attached hydrogens (tertiary/aromatic N) is 3. The Morgan fingerprint density at radius 3 is 3.20 bits per heavy atom. The summed E-state index contributed by atoms with van der Waals surface area (Å²) in [6.07, 6.45) is 3.40. The molecule has 4 N–H and O–H groups in total. The van der Waals surface area contributed by atoms with Crippen LogP contribution in [0, 0.1) is 0 Å². The molecule has 80 valence electrons. The lowest BCUT2D eigenvalue weighted by Gasteiger charge is -2.14. The number of rotatable bonds is 4. The highest BCUT2D eigenvalue weighted by molar-refractivity contribution is 5.90. The van der Waals surface area contributed by atoms with Gasteiger partial charge in [-0.2, -0.15) is 0 Å². The first-order valence-electron chi connectivity index (χ1n) is 4.01. The van der Waals surface area contributed by atoms with Gasteiger partial charge >= 0.3 is 5.97 Å². The highest BCUT2D eigenvalue weighted by Gasteiger charge is 2.17. The molecule has 0 saturated carbocycles. The van der Waals surface area contributed by atoms with Gasteiger partial charge in [-0.15, -0.1) is 5.53 Å². The monoisotopic (exact) mass is 212 g/mol. The quantitative estimate of drug-likeness (QED) is 0.495. The molecule has 9 heteroatoms. The Labute approximate surface area is 83.6 Å². The number of carboxylic acid groups (broad SMARTS) is 1. The highest BCUT2D eigenvalue weighted by Crippen LogP contribution is 2.08. The minimum absolute atomic E-state index is 0.0876. The Morgan fingerprint density at radius 1 is 1.67 bits per heavy atom. The summed E-state index contributed by atoms with van der Waals surface area (Å²) in [6, 6.07) is 0. The molecule has 1 aliphatic rings. The van der Waals surface area contributed by atoms with Crippen LogP contribution in [0.1, 0.15) is 10.5 Å². The summed E-state index contributed by atoms with van der Waals surface area (Å²) >= 11 is 0. The van der Waals surface area contributed by atoms with Gasteiger partial charge in [-0.1, -0.05) is 0 Å². The molecule has 15 heavy (non-hydrogen) atoms. The lowest BCUT2D eigenvalue weighted by Crippen LogP contribution is -2.38. The second-order valence-electron chi connectivity index (χ2n) is 2.64. The van der Waals surface area contributed by atoms with Crippen LogP contribution < -0.4 is 16.3 Å². The lowest BCUT2D eigenvalue weighted by molar-refractivity contribution is 0.0685. The van der Waals surface area contributed by atoms with Crippen LogP contribution in [0.4, 0.5) is 5.82 Å². The summed E-state index contributed by atoms with van der Waals surface area (Å²) in [4.78, 5) is 10.6. The molecule has 0 bridgehead atoms. The number of aromatic carboxylic acids is 1. The van der Waals surface area contributed by atoms with Crippen molar-refractivity contribution in [1.82, 2.24) is 26.3 Å². The van der Waals surface area contributed by atoms with Crippen LogP contribution in [0.15, 0.2) is 17.0 Å². The van der Waals surface area contributed by atoms with E-state index in [9.17, 15) is 4.79 Å². The van der Waals surface area contributed by atoms with Crippen LogP contribution in [0.5, 0.6) is 0 Å². The van der Waals surface area contributed by atoms with Gasteiger partial charge in [0.25, 0.3) is 0 Å². The molecule has 0 atom stereocenters. The number of hydrazine groups is 2. The van der Waals surface area contributed by atoms with E-state index in [2.05, 4.69) is 31.2 Å². The molecule has 0 radical (unpaired) electrons. The molecule has 0 amide bonds. The standard InChI is InChI=1S/C6H8N6O3/c13-6(14)4-5(10-15-9-4)7-3-12-2-1-8-11-12/h1-2,8,11H,3H2,(H,7,10)(H,13,14). The predicted molar refractivity (Wildman–Crippen MR) is 47.0 cm³/mol. The first-order valence-corrected chi connectivity index (χ1v) is 4.01. The van der Waals surface area contributed by atoms with E-state index in [-0.39, 0.29) is 11.5 Å². The molecule has 2 heterocycles. The fourth-order valence-corrected chi connectivity index (χ4v) is 0.982. The van der Waals surface area contributed by atoms with Crippen LogP contribution in [-0.4, -0.2) is 33.1 Å². The Kier molecular flexibility index (Phi) is 2.37. The Balaban J connectivity index is 1.95. The van der Waals surface area contributed by atoms with Crippen molar-refractivity contribution in [1.29, 1.82) is 0 Å². The Bertz CT molecular complexity index is 388. The molecule has 0 spiro atoms. The zero-order valence-corrected chi connectivity index (χ0v) is 7.47. The van der Waals surface area contributed by atoms with Crippen LogP contribution >= 0.6 is 0 Å². The van der Waals surface area contributed by atoms with E-state index in [1.807, 2.05) is 0 Å². The van der Waals surface area contributed by atoms with Gasteiger partial charge in [-0.3, -0.25) is 5.01 Å². The number of hydrogen-bond donors (Lipinski definition) is 4. The maximum Gasteiger partial charge on any atom is 0.362 e. The molecule has 0 aromatic carbocycles. The third-order valence-corrected chi connectivity index (χ3v) is 1.65. The fourth-order valence-electron chi connectivity index (χ4n) is 0.982. The number of carboxylic acids is 1. The number of aromatic nitrogens is 2. The molecular formula is C6H8N6O3. The molecular weight excluding hydrogens is 204 g/mol. The van der Waals surface area contributed by atoms with Gasteiger partial charge in [0, 0.05) is 12.4 Å². The van der Waals surface area contributed by atoms with E-state index in [1.54, 1.807) is 17.4 Å². The predicted octanol–water partition coefficient (Wildman–Crippen LogP) is -1.07. The molecule has 1 aliphatic heterocycles. The van der Waals surface area contributed by atoms with Crippen molar-refractivity contribution in [3.05, 3.63) is 18.1 Å². The van der Waals surface area contributed by atoms with Crippen molar-refractivity contribution in [2.24, 2.45) is 0 Å². The van der Waals surface area contributed by atoms with Crippen LogP contribution in [0.25, 0.3) is 0 Å². The molecule has 0 unspecified atom stereocenters. The topological polar surface area (TPSA) is 116 Å². The van der Waals surface area contributed by atoms with E-state index < -0.39 is 5.97 Å². The first kappa shape index (κ1) is 9.27. The lowest BCUT2D eigenvalue weighted by atomic mass is 10.4. The number of anilines is 1. The van der Waals surface area contributed by atoms with Crippen molar-refractivity contribution in [3.63, 3.8) is 0 Å². The molecule has 2 rings (SSSR count). The maximum absolute atomic E-state index is 10.6. The first-order chi connectivity index (χ1) is 7.27. The second-order valence-corrected chi connectivity index (χ2v) is 2.64. The van der Waals surface area contributed by atoms with Crippen LogP contribution in [0.2, 0.25) is 0 Å². The number of hydrogen-bond acceptors (Lipinski definition) is 8. The van der Waals surface area contributed by atoms with Crippen LogP contribution in [-0.2, 0) is 0 Å². The van der Waals surface area contributed by atoms with Crippen molar-refractivity contribution in [3.8, 4) is 0 Å². The van der Waals surface area contributed by atoms with Gasteiger partial charge < -0.3 is 15.8 Å². The summed E-state index contributed by atoms with van der Waals surface area (Å²) in [7, 11) is 0. The Morgan fingerprint density at radius 2 is 2.53 bits per heavy atom. The fraction of sp³-hybridized carbons (Fsp3) is 0.167. The van der Waals surface area contributed by atoms with E-state index in [4.69, 9.17) is 5.11 Å². The summed E-state index contributed by atoms with van der Waals surface area (Å²) in [6.45, 7) is 0.317. The molecule has 1 aromatic rings. The molecule has 9 nitrogen and oxygen atoms in total. The zero-order valence-electron chi connectivity index (χ0n) is 7.47. The third kappa shape index (κ3) is 1.96. The average molecular weight is 212 g/mol. The molecule has 1 aromatic heterocycles. The van der Waals surface area contributed by atoms with Gasteiger partial charge in [0.05, 0.1) is 0 Å². The third-order valence-electron chi connectivity index (χ3n) is 1.65. The van der Waals surface area contributed by atoms with E-state index in [1.165, 1.54) is 0 Å². The van der Waals surface area contributed by atoms with Gasteiger partial charge in [-0.05, 0) is 10.3 Å². The smallest absolute Gasteiger partial charge is 0.362 e. The molecule has 0 fully saturated rings. The molecule has 0 aliphatic carbocycles. The molecule has 0 saturated heterocycles. The maximum atomic E-state index is 10.6. The SMILES string of the molecule is O=C(O)c1nonc1NCN1C=CNN1. The van der Waals surface area contributed by atoms with Gasteiger partial charge in [0.15, 0.2) is 0 Å². The van der Waals surface area contributed by atoms with Crippen molar-refractivity contribution < 1.29 is 14.5 Å². The highest BCUT2D eigenvalue weighted by atomic mass is 16.6. The van der Waals surface area contributed by atoms with E-state index in [0.29, 0.717) is 6.67 Å². The van der Waals surface area contributed by atoms with E-state index >= 15 is 0 Å². The normalized spacial score (nSPS) is 14.0. The van der Waals surface area contributed by atoms with Gasteiger partial charge in [0.1, 0.15) is 6.67 Å². The van der Waals surface area contributed by atoms with Crippen molar-refractivity contribution >= 4 is 11.8 Å². The van der Waals surface area contributed by atoms with E-state index in [0.717, 1.165) is 0 Å². The Hall–Kier alpha value is -2.29. The van der Waals surface area contributed by atoms with Crippen LogP contribution in [0.3, 0.4) is 0 Å². The number of carbonyl (C=O) groups is 1. The summed E-state index contributed by atoms with van der Waals surface area (Å²) < 4.78 is 4.31. The number of nitrogens with one attached hydrogen (secondary N) is 3. The summed E-state index contributed by atoms with van der Waals surface area (Å²) in [5, 5.41) is 19.7. The minimum atomic E-state index is -1.19. The summed E-state index contributed by atoms with van der Waals surface area (Å²) in [5.41, 5.74) is 5.23. The largest absolute Gasteiger partial charge is 0.476 e. The van der Waals surface area contributed by atoms with Crippen molar-refractivity contribution in [2.75, 3.05) is 12.0 Å².